The minimum atomic E-state index is 0.552. The van der Waals surface area contributed by atoms with Crippen LogP contribution >= 0.6 is 0 Å². The number of nitrogens with one attached hydrogen (secondary N) is 1. The fourth-order valence-electron chi connectivity index (χ4n) is 2.48. The molecular formula is C16H21N3O2. The smallest absolute Gasteiger partial charge is 0.161 e. The molecule has 2 heterocycles. The molecule has 2 aromatic rings. The number of ether oxygens (including phenoxy) is 2. The molecule has 0 radical (unpaired) electrons. The first-order valence-corrected chi connectivity index (χ1v) is 7.36. The maximum absolute atomic E-state index is 5.60. The average Bonchev–Trinajstić information content (AvgIpc) is 3.00. The van der Waals surface area contributed by atoms with E-state index in [1.165, 1.54) is 5.56 Å². The molecule has 0 spiro atoms. The van der Waals surface area contributed by atoms with Gasteiger partial charge >= 0.3 is 0 Å². The zero-order valence-electron chi connectivity index (χ0n) is 12.3. The maximum atomic E-state index is 5.60. The molecule has 1 aliphatic heterocycles. The number of nitrogens with zero attached hydrogens (tertiary/aromatic N) is 2. The summed E-state index contributed by atoms with van der Waals surface area (Å²) in [6, 6.07) is 6.13. The molecule has 112 valence electrons. The summed E-state index contributed by atoms with van der Waals surface area (Å²) in [7, 11) is 0. The fourth-order valence-corrected chi connectivity index (χ4v) is 2.48. The van der Waals surface area contributed by atoms with E-state index in [1.54, 1.807) is 0 Å². The van der Waals surface area contributed by atoms with Gasteiger partial charge in [-0.15, -0.1) is 0 Å². The number of fused-ring (bicyclic) bond motifs is 1. The number of hydrogen-bond acceptors (Lipinski definition) is 4. The minimum absolute atomic E-state index is 0.552. The SMILES string of the molecule is CC(CNCc1ccc2c(c1)OCCO2)Cn1ccnc1. The molecule has 0 fully saturated rings. The summed E-state index contributed by atoms with van der Waals surface area (Å²) >= 11 is 0. The van der Waals surface area contributed by atoms with E-state index >= 15 is 0 Å². The average molecular weight is 287 g/mol. The van der Waals surface area contributed by atoms with Crippen LogP contribution in [0.5, 0.6) is 11.5 Å². The standard InChI is InChI=1S/C16H21N3O2/c1-13(11-19-5-4-17-12-19)9-18-10-14-2-3-15-16(8-14)21-7-6-20-15/h2-5,8,12-13,18H,6-7,9-11H2,1H3. The second-order valence-corrected chi connectivity index (χ2v) is 5.47. The van der Waals surface area contributed by atoms with Crippen molar-refractivity contribution < 1.29 is 9.47 Å². The largest absolute Gasteiger partial charge is 0.486 e. The second kappa shape index (κ2) is 6.63. The van der Waals surface area contributed by atoms with Crippen LogP contribution in [-0.4, -0.2) is 29.3 Å². The molecular weight excluding hydrogens is 266 g/mol. The quantitative estimate of drug-likeness (QED) is 0.883. The van der Waals surface area contributed by atoms with Crippen LogP contribution in [0, 0.1) is 5.92 Å². The van der Waals surface area contributed by atoms with Gasteiger partial charge in [-0.25, -0.2) is 4.98 Å². The molecule has 1 aliphatic rings. The highest BCUT2D eigenvalue weighted by molar-refractivity contribution is 5.43. The summed E-state index contributed by atoms with van der Waals surface area (Å²) in [5.74, 6) is 2.25. The van der Waals surface area contributed by atoms with Gasteiger partial charge in [0.05, 0.1) is 6.33 Å². The van der Waals surface area contributed by atoms with Crippen LogP contribution < -0.4 is 14.8 Å². The van der Waals surface area contributed by atoms with Crippen molar-refractivity contribution >= 4 is 0 Å². The molecule has 0 saturated heterocycles. The molecule has 0 bridgehead atoms. The summed E-state index contributed by atoms with van der Waals surface area (Å²) in [6.45, 7) is 6.28. The number of hydrogen-bond donors (Lipinski definition) is 1. The zero-order valence-corrected chi connectivity index (χ0v) is 12.3. The maximum Gasteiger partial charge on any atom is 0.161 e. The van der Waals surface area contributed by atoms with Crippen molar-refractivity contribution in [2.24, 2.45) is 5.92 Å². The zero-order chi connectivity index (χ0) is 14.5. The lowest BCUT2D eigenvalue weighted by molar-refractivity contribution is 0.171. The first kappa shape index (κ1) is 13.9. The highest BCUT2D eigenvalue weighted by Gasteiger charge is 2.11. The van der Waals surface area contributed by atoms with Gasteiger partial charge in [0.1, 0.15) is 13.2 Å². The Morgan fingerprint density at radius 3 is 2.95 bits per heavy atom. The van der Waals surface area contributed by atoms with Crippen LogP contribution in [0.1, 0.15) is 12.5 Å². The van der Waals surface area contributed by atoms with Crippen molar-refractivity contribution in [1.82, 2.24) is 14.9 Å². The number of aromatic nitrogens is 2. The van der Waals surface area contributed by atoms with Gasteiger partial charge in [-0.3, -0.25) is 0 Å². The van der Waals surface area contributed by atoms with Crippen LogP contribution in [0.15, 0.2) is 36.9 Å². The second-order valence-electron chi connectivity index (χ2n) is 5.47. The minimum Gasteiger partial charge on any atom is -0.486 e. The summed E-state index contributed by atoms with van der Waals surface area (Å²) in [5.41, 5.74) is 1.22. The number of benzene rings is 1. The molecule has 0 amide bonds. The van der Waals surface area contributed by atoms with E-state index < -0.39 is 0 Å². The van der Waals surface area contributed by atoms with E-state index in [-0.39, 0.29) is 0 Å². The van der Waals surface area contributed by atoms with Crippen LogP contribution in [-0.2, 0) is 13.1 Å². The monoisotopic (exact) mass is 287 g/mol. The Balaban J connectivity index is 1.46. The molecule has 0 aliphatic carbocycles. The van der Waals surface area contributed by atoms with Gasteiger partial charge in [0.2, 0.25) is 0 Å². The first-order valence-electron chi connectivity index (χ1n) is 7.36. The molecule has 1 atom stereocenters. The van der Waals surface area contributed by atoms with Gasteiger partial charge in [0, 0.05) is 25.5 Å². The highest BCUT2D eigenvalue weighted by Crippen LogP contribution is 2.30. The van der Waals surface area contributed by atoms with Gasteiger partial charge in [0.15, 0.2) is 11.5 Å². The molecule has 1 unspecified atom stereocenters. The molecule has 5 heteroatoms. The molecule has 1 aromatic heterocycles. The number of imidazole rings is 1. The topological polar surface area (TPSA) is 48.3 Å². The van der Waals surface area contributed by atoms with E-state index in [9.17, 15) is 0 Å². The normalized spacial score (nSPS) is 14.9. The molecule has 1 N–H and O–H groups in total. The van der Waals surface area contributed by atoms with Crippen LogP contribution in [0.2, 0.25) is 0 Å². The third-order valence-corrected chi connectivity index (χ3v) is 3.51. The molecule has 0 saturated carbocycles. The third kappa shape index (κ3) is 3.76. The van der Waals surface area contributed by atoms with Crippen molar-refractivity contribution in [2.45, 2.75) is 20.0 Å². The van der Waals surface area contributed by atoms with E-state index in [1.807, 2.05) is 24.8 Å². The molecule has 1 aromatic carbocycles. The lowest BCUT2D eigenvalue weighted by atomic mass is 10.1. The molecule has 21 heavy (non-hydrogen) atoms. The van der Waals surface area contributed by atoms with E-state index in [0.29, 0.717) is 19.1 Å². The van der Waals surface area contributed by atoms with Gasteiger partial charge in [-0.1, -0.05) is 13.0 Å². The van der Waals surface area contributed by atoms with Crippen molar-refractivity contribution in [3.8, 4) is 11.5 Å². The molecule has 5 nitrogen and oxygen atoms in total. The third-order valence-electron chi connectivity index (χ3n) is 3.51. The van der Waals surface area contributed by atoms with Gasteiger partial charge in [-0.05, 0) is 30.2 Å². The van der Waals surface area contributed by atoms with Crippen LogP contribution in [0.3, 0.4) is 0 Å². The predicted molar refractivity (Wildman–Crippen MR) is 80.5 cm³/mol. The Morgan fingerprint density at radius 2 is 2.14 bits per heavy atom. The summed E-state index contributed by atoms with van der Waals surface area (Å²) in [4.78, 5) is 4.06. The van der Waals surface area contributed by atoms with Gasteiger partial charge in [-0.2, -0.15) is 0 Å². The predicted octanol–water partition coefficient (Wildman–Crippen LogP) is 2.08. The summed E-state index contributed by atoms with van der Waals surface area (Å²) in [5, 5.41) is 3.49. The van der Waals surface area contributed by atoms with E-state index in [2.05, 4.69) is 33.9 Å². The lowest BCUT2D eigenvalue weighted by Crippen LogP contribution is -2.23. The summed E-state index contributed by atoms with van der Waals surface area (Å²) in [6.07, 6.45) is 5.67. The Kier molecular flexibility index (Phi) is 4.40. The first-order chi connectivity index (χ1) is 10.3. The fraction of sp³-hybridized carbons (Fsp3) is 0.438. The van der Waals surface area contributed by atoms with Crippen LogP contribution in [0.4, 0.5) is 0 Å². The highest BCUT2D eigenvalue weighted by atomic mass is 16.6. The van der Waals surface area contributed by atoms with Crippen molar-refractivity contribution in [3.63, 3.8) is 0 Å². The van der Waals surface area contributed by atoms with E-state index in [0.717, 1.165) is 31.1 Å². The lowest BCUT2D eigenvalue weighted by Gasteiger charge is -2.19. The Hall–Kier alpha value is -2.01. The number of rotatable bonds is 6. The Morgan fingerprint density at radius 1 is 1.29 bits per heavy atom. The van der Waals surface area contributed by atoms with Gasteiger partial charge in [0.25, 0.3) is 0 Å². The summed E-state index contributed by atoms with van der Waals surface area (Å²) < 4.78 is 13.2. The van der Waals surface area contributed by atoms with Gasteiger partial charge < -0.3 is 19.4 Å². The van der Waals surface area contributed by atoms with Crippen molar-refractivity contribution in [2.75, 3.05) is 19.8 Å². The van der Waals surface area contributed by atoms with E-state index in [4.69, 9.17) is 9.47 Å². The van der Waals surface area contributed by atoms with Crippen LogP contribution in [0.25, 0.3) is 0 Å². The van der Waals surface area contributed by atoms with Crippen molar-refractivity contribution in [1.29, 1.82) is 0 Å². The molecule has 3 rings (SSSR count). The van der Waals surface area contributed by atoms with Crippen molar-refractivity contribution in [3.05, 3.63) is 42.5 Å². The Bertz CT molecular complexity index is 569. The Labute approximate surface area is 124 Å².